The van der Waals surface area contributed by atoms with Crippen LogP contribution in [0.25, 0.3) is 0 Å². The van der Waals surface area contributed by atoms with Gasteiger partial charge in [0.15, 0.2) is 0 Å². The van der Waals surface area contributed by atoms with Crippen LogP contribution in [0.4, 0.5) is 0 Å². The fourth-order valence-electron chi connectivity index (χ4n) is 1.71. The number of carbonyl (C=O) groups excluding carboxylic acids is 1. The largest absolute Gasteiger partial charge is 0.475 e. The standard InChI is InChI=1S/C8H16BNO4/c1-5(2)8(12)10-4-6(11)3-7(10)9(13)14/h5-7,11,13-14H,3-4H2,1-2H3/t6-,7-/m0/s1. The van der Waals surface area contributed by atoms with Gasteiger partial charge < -0.3 is 20.1 Å². The van der Waals surface area contributed by atoms with E-state index in [0.717, 1.165) is 0 Å². The van der Waals surface area contributed by atoms with Gasteiger partial charge >= 0.3 is 7.12 Å². The van der Waals surface area contributed by atoms with Crippen molar-refractivity contribution in [2.75, 3.05) is 6.54 Å². The smallest absolute Gasteiger partial charge is 0.426 e. The molecule has 3 N–H and O–H groups in total. The molecular formula is C8H16BNO4. The Hall–Kier alpha value is -0.585. The molecule has 2 atom stereocenters. The predicted octanol–water partition coefficient (Wildman–Crippen LogP) is -1.38. The van der Waals surface area contributed by atoms with Crippen LogP contribution in [-0.2, 0) is 4.79 Å². The molecule has 1 heterocycles. The van der Waals surface area contributed by atoms with E-state index in [1.54, 1.807) is 13.8 Å². The summed E-state index contributed by atoms with van der Waals surface area (Å²) in [5, 5.41) is 27.4. The number of likely N-dealkylation sites (tertiary alicyclic amines) is 1. The monoisotopic (exact) mass is 201 g/mol. The SMILES string of the molecule is CC(C)C(=O)N1C[C@@H](O)C[C@H]1B(O)O. The molecule has 0 saturated carbocycles. The summed E-state index contributed by atoms with van der Waals surface area (Å²) in [6.45, 7) is 3.68. The van der Waals surface area contributed by atoms with Gasteiger partial charge in [0.05, 0.1) is 12.0 Å². The molecule has 0 aromatic heterocycles. The summed E-state index contributed by atoms with van der Waals surface area (Å²) in [4.78, 5) is 12.9. The minimum Gasteiger partial charge on any atom is -0.426 e. The molecule has 0 bridgehead atoms. The predicted molar refractivity (Wildman–Crippen MR) is 51.2 cm³/mol. The molecule has 0 aromatic rings. The number of β-amino-alcohol motifs (C(OH)–C–C–N with tert-alkyl or cyclic N) is 1. The molecule has 1 fully saturated rings. The number of hydrogen-bond acceptors (Lipinski definition) is 4. The lowest BCUT2D eigenvalue weighted by Gasteiger charge is -2.25. The first-order valence-corrected chi connectivity index (χ1v) is 4.78. The number of hydrogen-bond donors (Lipinski definition) is 3. The molecule has 1 aliphatic heterocycles. The first kappa shape index (κ1) is 11.5. The summed E-state index contributed by atoms with van der Waals surface area (Å²) in [6, 6.07) is 0. The number of carbonyl (C=O) groups is 1. The van der Waals surface area contributed by atoms with Gasteiger partial charge in [0, 0.05) is 12.5 Å². The van der Waals surface area contributed by atoms with Crippen LogP contribution in [0, 0.1) is 5.92 Å². The number of nitrogens with zero attached hydrogens (tertiary/aromatic N) is 1. The Morgan fingerprint density at radius 2 is 2.07 bits per heavy atom. The number of rotatable bonds is 2. The van der Waals surface area contributed by atoms with Crippen LogP contribution in [-0.4, -0.2) is 51.7 Å². The molecular weight excluding hydrogens is 185 g/mol. The van der Waals surface area contributed by atoms with Crippen LogP contribution >= 0.6 is 0 Å². The van der Waals surface area contributed by atoms with E-state index in [9.17, 15) is 9.90 Å². The van der Waals surface area contributed by atoms with Gasteiger partial charge in [-0.05, 0) is 6.42 Å². The average molecular weight is 201 g/mol. The van der Waals surface area contributed by atoms with Crippen molar-refractivity contribution in [2.45, 2.75) is 32.3 Å². The third-order valence-corrected chi connectivity index (χ3v) is 2.44. The summed E-state index contributed by atoms with van der Waals surface area (Å²) in [7, 11) is -1.57. The van der Waals surface area contributed by atoms with Crippen LogP contribution in [0.3, 0.4) is 0 Å². The summed E-state index contributed by atoms with van der Waals surface area (Å²) in [5.74, 6) is -1.01. The summed E-state index contributed by atoms with van der Waals surface area (Å²) >= 11 is 0. The zero-order valence-electron chi connectivity index (χ0n) is 8.42. The zero-order valence-corrected chi connectivity index (χ0v) is 8.42. The molecule has 0 spiro atoms. The first-order chi connectivity index (χ1) is 6.43. The lowest BCUT2D eigenvalue weighted by atomic mass is 9.77. The molecule has 0 unspecified atom stereocenters. The first-order valence-electron chi connectivity index (χ1n) is 4.78. The Kier molecular flexibility index (Phi) is 3.52. The second kappa shape index (κ2) is 4.29. The number of amides is 1. The molecule has 1 amide bonds. The molecule has 1 saturated heterocycles. The van der Waals surface area contributed by atoms with Crippen LogP contribution in [0.5, 0.6) is 0 Å². The lowest BCUT2D eigenvalue weighted by Crippen LogP contribution is -2.47. The van der Waals surface area contributed by atoms with E-state index in [0.29, 0.717) is 0 Å². The fourth-order valence-corrected chi connectivity index (χ4v) is 1.71. The van der Waals surface area contributed by atoms with Gasteiger partial charge in [-0.2, -0.15) is 0 Å². The van der Waals surface area contributed by atoms with Gasteiger partial charge in [-0.15, -0.1) is 0 Å². The van der Waals surface area contributed by atoms with Crippen molar-refractivity contribution in [3.63, 3.8) is 0 Å². The Bertz CT molecular complexity index is 221. The van der Waals surface area contributed by atoms with Gasteiger partial charge in [0.25, 0.3) is 0 Å². The van der Waals surface area contributed by atoms with Crippen molar-refractivity contribution in [1.82, 2.24) is 4.90 Å². The Labute approximate surface area is 83.5 Å². The van der Waals surface area contributed by atoms with Crippen molar-refractivity contribution < 1.29 is 19.9 Å². The van der Waals surface area contributed by atoms with E-state index >= 15 is 0 Å². The number of aliphatic hydroxyl groups is 1. The van der Waals surface area contributed by atoms with Crippen molar-refractivity contribution >= 4 is 13.0 Å². The van der Waals surface area contributed by atoms with Gasteiger partial charge in [0.1, 0.15) is 0 Å². The van der Waals surface area contributed by atoms with Gasteiger partial charge in [-0.25, -0.2) is 0 Å². The highest BCUT2D eigenvalue weighted by Gasteiger charge is 2.41. The third kappa shape index (κ3) is 2.26. The van der Waals surface area contributed by atoms with Gasteiger partial charge in [-0.1, -0.05) is 13.8 Å². The molecule has 80 valence electrons. The highest BCUT2D eigenvalue weighted by molar-refractivity contribution is 6.43. The van der Waals surface area contributed by atoms with Crippen molar-refractivity contribution in [1.29, 1.82) is 0 Å². The van der Waals surface area contributed by atoms with E-state index in [2.05, 4.69) is 0 Å². The summed E-state index contributed by atoms with van der Waals surface area (Å²) in [6.07, 6.45) is -0.416. The minimum absolute atomic E-state index is 0.153. The topological polar surface area (TPSA) is 81.0 Å². The van der Waals surface area contributed by atoms with Crippen LogP contribution in [0.1, 0.15) is 20.3 Å². The average Bonchev–Trinajstić information content (AvgIpc) is 2.45. The maximum absolute atomic E-state index is 11.6. The molecule has 6 heteroatoms. The normalized spacial score (nSPS) is 27.1. The maximum atomic E-state index is 11.6. The molecule has 5 nitrogen and oxygen atoms in total. The third-order valence-electron chi connectivity index (χ3n) is 2.44. The van der Waals surface area contributed by atoms with Crippen molar-refractivity contribution in [3.8, 4) is 0 Å². The van der Waals surface area contributed by atoms with Crippen LogP contribution in [0.15, 0.2) is 0 Å². The van der Waals surface area contributed by atoms with E-state index in [1.807, 2.05) is 0 Å². The highest BCUT2D eigenvalue weighted by atomic mass is 16.4. The second-order valence-corrected chi connectivity index (χ2v) is 4.02. The van der Waals surface area contributed by atoms with Crippen LogP contribution in [0.2, 0.25) is 0 Å². The van der Waals surface area contributed by atoms with E-state index < -0.39 is 19.2 Å². The van der Waals surface area contributed by atoms with Crippen molar-refractivity contribution in [2.24, 2.45) is 5.92 Å². The molecule has 1 rings (SSSR count). The van der Waals surface area contributed by atoms with Crippen LogP contribution < -0.4 is 0 Å². The molecule has 0 aliphatic carbocycles. The minimum atomic E-state index is -1.57. The zero-order chi connectivity index (χ0) is 10.9. The quantitative estimate of drug-likeness (QED) is 0.481. The molecule has 0 radical (unpaired) electrons. The maximum Gasteiger partial charge on any atom is 0.475 e. The molecule has 1 aliphatic rings. The Morgan fingerprint density at radius 1 is 1.50 bits per heavy atom. The summed E-state index contributed by atoms with van der Waals surface area (Å²) in [5.41, 5.74) is 0. The number of aliphatic hydroxyl groups excluding tert-OH is 1. The van der Waals surface area contributed by atoms with Gasteiger partial charge in [-0.3, -0.25) is 4.79 Å². The van der Waals surface area contributed by atoms with E-state index in [4.69, 9.17) is 10.0 Å². The lowest BCUT2D eigenvalue weighted by molar-refractivity contribution is -0.134. The Morgan fingerprint density at radius 3 is 2.50 bits per heavy atom. The fraction of sp³-hybridized carbons (Fsp3) is 0.875. The highest BCUT2D eigenvalue weighted by Crippen LogP contribution is 2.20. The molecule has 14 heavy (non-hydrogen) atoms. The summed E-state index contributed by atoms with van der Waals surface area (Å²) < 4.78 is 0. The van der Waals surface area contributed by atoms with Gasteiger partial charge in [0.2, 0.25) is 5.91 Å². The van der Waals surface area contributed by atoms with E-state index in [1.165, 1.54) is 4.90 Å². The second-order valence-electron chi connectivity index (χ2n) is 4.02. The molecule has 0 aromatic carbocycles. The van der Waals surface area contributed by atoms with Crippen molar-refractivity contribution in [3.05, 3.63) is 0 Å². The van der Waals surface area contributed by atoms with E-state index in [-0.39, 0.29) is 24.8 Å². The Balaban J connectivity index is 2.71.